The van der Waals surface area contributed by atoms with Crippen LogP contribution in [0, 0.1) is 0 Å². The normalized spacial score (nSPS) is 13.4. The van der Waals surface area contributed by atoms with Crippen molar-refractivity contribution in [3.05, 3.63) is 29.8 Å². The average Bonchev–Trinajstić information content (AvgIpc) is 2.36. The van der Waals surface area contributed by atoms with Crippen LogP contribution in [-0.2, 0) is 0 Å². The van der Waals surface area contributed by atoms with Gasteiger partial charge in [0.05, 0.1) is 6.61 Å². The minimum Gasteiger partial charge on any atom is -0.395 e. The minimum atomic E-state index is -4.32. The lowest BCUT2D eigenvalue weighted by molar-refractivity contribution is -0.119. The third-order valence-corrected chi connectivity index (χ3v) is 2.86. The molecule has 108 valence electrons. The fourth-order valence-electron chi connectivity index (χ4n) is 1.93. The van der Waals surface area contributed by atoms with Crippen LogP contribution in [0.1, 0.15) is 24.9 Å². The predicted octanol–water partition coefficient (Wildman–Crippen LogP) is 2.46. The maximum absolute atomic E-state index is 12.6. The van der Waals surface area contributed by atoms with Gasteiger partial charge in [-0.15, -0.1) is 0 Å². The van der Waals surface area contributed by atoms with Crippen LogP contribution in [0.5, 0.6) is 0 Å². The number of halogens is 3. The van der Waals surface area contributed by atoms with Crippen LogP contribution in [0.4, 0.5) is 18.9 Å². The zero-order valence-corrected chi connectivity index (χ0v) is 10.8. The number of aliphatic hydroxyl groups is 1. The summed E-state index contributed by atoms with van der Waals surface area (Å²) in [5.74, 6) is 0. The fraction of sp³-hybridized carbons (Fsp3) is 0.538. The van der Waals surface area contributed by atoms with Crippen LogP contribution in [0.3, 0.4) is 0 Å². The summed E-state index contributed by atoms with van der Waals surface area (Å²) in [6.07, 6.45) is -3.69. The van der Waals surface area contributed by atoms with Crippen LogP contribution < -0.4 is 10.6 Å². The van der Waals surface area contributed by atoms with E-state index >= 15 is 0 Å². The molecule has 3 N–H and O–H groups in total. The highest BCUT2D eigenvalue weighted by Gasteiger charge is 2.31. The smallest absolute Gasteiger partial charge is 0.395 e. The SMILES string of the molecule is CC[C@H](N)c1ccccc1N(CCO)CC(F)(F)F. The molecule has 0 aromatic heterocycles. The molecule has 0 aliphatic heterocycles. The van der Waals surface area contributed by atoms with Crippen molar-refractivity contribution in [2.24, 2.45) is 5.73 Å². The number of rotatable bonds is 6. The maximum atomic E-state index is 12.6. The molecule has 0 saturated heterocycles. The first-order chi connectivity index (χ1) is 8.89. The summed E-state index contributed by atoms with van der Waals surface area (Å²) in [7, 11) is 0. The number of benzene rings is 1. The van der Waals surface area contributed by atoms with Crippen molar-refractivity contribution in [1.29, 1.82) is 0 Å². The molecule has 1 atom stereocenters. The Morgan fingerprint density at radius 2 is 1.95 bits per heavy atom. The van der Waals surface area contributed by atoms with Crippen molar-refractivity contribution < 1.29 is 18.3 Å². The molecule has 0 aliphatic carbocycles. The second-order valence-corrected chi connectivity index (χ2v) is 4.33. The van der Waals surface area contributed by atoms with E-state index < -0.39 is 12.7 Å². The van der Waals surface area contributed by atoms with E-state index in [1.165, 1.54) is 0 Å². The molecule has 1 rings (SSSR count). The third kappa shape index (κ3) is 4.72. The van der Waals surface area contributed by atoms with Gasteiger partial charge < -0.3 is 15.7 Å². The summed E-state index contributed by atoms with van der Waals surface area (Å²) in [5.41, 5.74) is 7.03. The first-order valence-corrected chi connectivity index (χ1v) is 6.16. The number of aliphatic hydroxyl groups excluding tert-OH is 1. The molecule has 0 radical (unpaired) electrons. The minimum absolute atomic E-state index is 0.0764. The van der Waals surface area contributed by atoms with Crippen molar-refractivity contribution in [1.82, 2.24) is 0 Å². The lowest BCUT2D eigenvalue weighted by Crippen LogP contribution is -2.37. The first-order valence-electron chi connectivity index (χ1n) is 6.16. The number of nitrogens with two attached hydrogens (primary N) is 1. The van der Waals surface area contributed by atoms with Crippen LogP contribution in [-0.4, -0.2) is 31.0 Å². The molecule has 1 aromatic carbocycles. The Kier molecular flexibility index (Phi) is 5.62. The van der Waals surface area contributed by atoms with Gasteiger partial charge in [0.1, 0.15) is 6.54 Å². The predicted molar refractivity (Wildman–Crippen MR) is 69.0 cm³/mol. The Balaban J connectivity index is 3.08. The van der Waals surface area contributed by atoms with E-state index in [-0.39, 0.29) is 19.2 Å². The highest BCUT2D eigenvalue weighted by atomic mass is 19.4. The van der Waals surface area contributed by atoms with Crippen molar-refractivity contribution in [3.63, 3.8) is 0 Å². The van der Waals surface area contributed by atoms with Crippen LogP contribution in [0.2, 0.25) is 0 Å². The number of hydrogen-bond acceptors (Lipinski definition) is 3. The quantitative estimate of drug-likeness (QED) is 0.839. The number of hydrogen-bond donors (Lipinski definition) is 2. The zero-order chi connectivity index (χ0) is 14.5. The van der Waals surface area contributed by atoms with Crippen molar-refractivity contribution >= 4 is 5.69 Å². The van der Waals surface area contributed by atoms with Gasteiger partial charge in [0, 0.05) is 18.3 Å². The summed E-state index contributed by atoms with van der Waals surface area (Å²) in [5, 5.41) is 8.94. The van der Waals surface area contributed by atoms with Gasteiger partial charge in [0.15, 0.2) is 0 Å². The third-order valence-electron chi connectivity index (χ3n) is 2.86. The van der Waals surface area contributed by atoms with E-state index in [0.29, 0.717) is 17.7 Å². The topological polar surface area (TPSA) is 49.5 Å². The number of nitrogens with zero attached hydrogens (tertiary/aromatic N) is 1. The Bertz CT molecular complexity index is 396. The maximum Gasteiger partial charge on any atom is 0.405 e. The van der Waals surface area contributed by atoms with Crippen LogP contribution in [0.15, 0.2) is 24.3 Å². The average molecular weight is 276 g/mol. The number of anilines is 1. The van der Waals surface area contributed by atoms with Gasteiger partial charge in [0.25, 0.3) is 0 Å². The molecule has 0 fully saturated rings. The van der Waals surface area contributed by atoms with E-state index in [2.05, 4.69) is 0 Å². The van der Waals surface area contributed by atoms with Crippen molar-refractivity contribution in [2.75, 3.05) is 24.6 Å². The molecule has 1 aromatic rings. The Labute approximate surface area is 110 Å². The van der Waals surface area contributed by atoms with Gasteiger partial charge in [0.2, 0.25) is 0 Å². The molecule has 0 aliphatic rings. The Morgan fingerprint density at radius 1 is 1.32 bits per heavy atom. The molecular weight excluding hydrogens is 257 g/mol. The highest BCUT2D eigenvalue weighted by Crippen LogP contribution is 2.29. The molecule has 3 nitrogen and oxygen atoms in total. The molecule has 6 heteroatoms. The van der Waals surface area contributed by atoms with Crippen LogP contribution >= 0.6 is 0 Å². The molecule has 0 unspecified atom stereocenters. The van der Waals surface area contributed by atoms with E-state index in [9.17, 15) is 13.2 Å². The summed E-state index contributed by atoms with van der Waals surface area (Å²) in [6.45, 7) is 0.362. The Hall–Kier alpha value is -1.27. The summed E-state index contributed by atoms with van der Waals surface area (Å²) in [4.78, 5) is 1.12. The molecule has 0 heterocycles. The second kappa shape index (κ2) is 6.77. The zero-order valence-electron chi connectivity index (χ0n) is 10.8. The van der Waals surface area contributed by atoms with Gasteiger partial charge in [-0.2, -0.15) is 13.2 Å². The van der Waals surface area contributed by atoms with Gasteiger partial charge in [-0.3, -0.25) is 0 Å². The summed E-state index contributed by atoms with van der Waals surface area (Å²) in [6, 6.07) is 6.43. The molecule has 19 heavy (non-hydrogen) atoms. The lowest BCUT2D eigenvalue weighted by Gasteiger charge is -2.28. The second-order valence-electron chi connectivity index (χ2n) is 4.33. The molecule has 0 bridgehead atoms. The van der Waals surface area contributed by atoms with Gasteiger partial charge in [-0.1, -0.05) is 25.1 Å². The monoisotopic (exact) mass is 276 g/mol. The highest BCUT2D eigenvalue weighted by molar-refractivity contribution is 5.55. The van der Waals surface area contributed by atoms with Crippen LogP contribution in [0.25, 0.3) is 0 Å². The van der Waals surface area contributed by atoms with E-state index in [1.54, 1.807) is 24.3 Å². The lowest BCUT2D eigenvalue weighted by atomic mass is 10.0. The molecule has 0 amide bonds. The molecule has 0 saturated carbocycles. The van der Waals surface area contributed by atoms with Gasteiger partial charge >= 0.3 is 6.18 Å². The molecule has 0 spiro atoms. The van der Waals surface area contributed by atoms with Gasteiger partial charge in [-0.25, -0.2) is 0 Å². The number of para-hydroxylation sites is 1. The number of alkyl halides is 3. The van der Waals surface area contributed by atoms with E-state index in [1.807, 2.05) is 6.92 Å². The van der Waals surface area contributed by atoms with Crippen molar-refractivity contribution in [3.8, 4) is 0 Å². The summed E-state index contributed by atoms with van der Waals surface area (Å²) < 4.78 is 37.7. The largest absolute Gasteiger partial charge is 0.405 e. The van der Waals surface area contributed by atoms with Crippen molar-refractivity contribution in [2.45, 2.75) is 25.6 Å². The fourth-order valence-corrected chi connectivity index (χ4v) is 1.93. The standard InChI is InChI=1S/C13H19F3N2O/c1-2-11(17)10-5-3-4-6-12(10)18(7-8-19)9-13(14,15)16/h3-6,11,19H,2,7-9,17H2,1H3/t11-/m0/s1. The molecular formula is C13H19F3N2O. The summed E-state index contributed by atoms with van der Waals surface area (Å²) >= 11 is 0. The Morgan fingerprint density at radius 3 is 2.47 bits per heavy atom. The van der Waals surface area contributed by atoms with E-state index in [4.69, 9.17) is 10.8 Å². The van der Waals surface area contributed by atoms with E-state index in [0.717, 1.165) is 4.90 Å². The van der Waals surface area contributed by atoms with Gasteiger partial charge in [-0.05, 0) is 18.1 Å². The first kappa shape index (κ1) is 15.8.